The summed E-state index contributed by atoms with van der Waals surface area (Å²) < 4.78 is 21.2. The highest BCUT2D eigenvalue weighted by molar-refractivity contribution is 7.14. The number of ether oxygens (including phenoxy) is 4. The van der Waals surface area contributed by atoms with Gasteiger partial charge in [-0.15, -0.1) is 11.3 Å². The van der Waals surface area contributed by atoms with Gasteiger partial charge in [-0.05, 0) is 31.2 Å². The number of cyclic esters (lactones) is 1. The van der Waals surface area contributed by atoms with Crippen LogP contribution in [0.4, 0.5) is 0 Å². The minimum Gasteiger partial charge on any atom is -0.496 e. The molecule has 2 aromatic rings. The minimum absolute atomic E-state index is 0.201. The second-order valence-corrected chi connectivity index (χ2v) is 6.48. The molecule has 130 valence electrons. The summed E-state index contributed by atoms with van der Waals surface area (Å²) in [6.07, 6.45) is 1.61. The number of carbonyl (C=O) groups excluding carboxylic acids is 1. The van der Waals surface area contributed by atoms with Gasteiger partial charge in [0.25, 0.3) is 0 Å². The number of hydrogen-bond acceptors (Lipinski definition) is 7. The Bertz CT molecular complexity index is 882. The molecule has 0 N–H and O–H groups in total. The summed E-state index contributed by atoms with van der Waals surface area (Å²) in [7, 11) is 4.63. The van der Waals surface area contributed by atoms with Crippen molar-refractivity contribution >= 4 is 29.3 Å². The molecule has 2 heterocycles. The number of hydrogen-bond donors (Lipinski definition) is 0. The smallest absolute Gasteiger partial charge is 0.363 e. The van der Waals surface area contributed by atoms with Gasteiger partial charge in [-0.3, -0.25) is 0 Å². The van der Waals surface area contributed by atoms with E-state index in [1.807, 2.05) is 19.1 Å². The molecule has 1 aromatic heterocycles. The largest absolute Gasteiger partial charge is 0.496 e. The van der Waals surface area contributed by atoms with Gasteiger partial charge in [-0.1, -0.05) is 0 Å². The lowest BCUT2D eigenvalue weighted by atomic mass is 10.1. The molecule has 0 atom stereocenters. The number of rotatable bonds is 5. The lowest BCUT2D eigenvalue weighted by Gasteiger charge is -2.12. The van der Waals surface area contributed by atoms with E-state index < -0.39 is 5.97 Å². The molecular formula is C18H17NO5S. The number of aliphatic imine (C=N–C) groups is 1. The van der Waals surface area contributed by atoms with Crippen LogP contribution in [0.15, 0.2) is 35.0 Å². The molecule has 0 fully saturated rings. The van der Waals surface area contributed by atoms with Crippen LogP contribution in [0.2, 0.25) is 0 Å². The van der Waals surface area contributed by atoms with Crippen LogP contribution in [0.25, 0.3) is 6.08 Å². The Hall–Kier alpha value is -2.80. The van der Waals surface area contributed by atoms with Gasteiger partial charge >= 0.3 is 5.97 Å². The van der Waals surface area contributed by atoms with E-state index >= 15 is 0 Å². The standard InChI is InChI=1S/C18H17NO5S/c1-10-5-6-16(25-10)17-19-12(18(20)24-17)7-11-8-14(22-3)15(23-4)9-13(11)21-2/h5-9H,1-4H3. The summed E-state index contributed by atoms with van der Waals surface area (Å²) in [4.78, 5) is 18.4. The number of benzene rings is 1. The van der Waals surface area contributed by atoms with Crippen LogP contribution in [0.5, 0.6) is 17.2 Å². The molecule has 0 saturated heterocycles. The van der Waals surface area contributed by atoms with Crippen molar-refractivity contribution in [2.45, 2.75) is 6.92 Å². The molecule has 0 spiro atoms. The van der Waals surface area contributed by atoms with Crippen molar-refractivity contribution in [1.29, 1.82) is 0 Å². The highest BCUT2D eigenvalue weighted by Gasteiger charge is 2.25. The first-order chi connectivity index (χ1) is 12.0. The second kappa shape index (κ2) is 6.98. The molecule has 1 aliphatic rings. The zero-order chi connectivity index (χ0) is 18.0. The van der Waals surface area contributed by atoms with Gasteiger partial charge in [0.1, 0.15) is 5.75 Å². The van der Waals surface area contributed by atoms with E-state index in [0.717, 1.165) is 9.75 Å². The van der Waals surface area contributed by atoms with Crippen LogP contribution in [-0.2, 0) is 9.53 Å². The van der Waals surface area contributed by atoms with Crippen molar-refractivity contribution in [2.24, 2.45) is 4.99 Å². The number of thiophene rings is 1. The lowest BCUT2D eigenvalue weighted by Crippen LogP contribution is -2.03. The van der Waals surface area contributed by atoms with E-state index in [9.17, 15) is 4.79 Å². The molecule has 1 aromatic carbocycles. The Labute approximate surface area is 149 Å². The third-order valence-electron chi connectivity index (χ3n) is 3.60. The molecule has 0 amide bonds. The summed E-state index contributed by atoms with van der Waals surface area (Å²) in [5.41, 5.74) is 0.839. The van der Waals surface area contributed by atoms with E-state index in [1.54, 1.807) is 39.5 Å². The third kappa shape index (κ3) is 3.36. The van der Waals surface area contributed by atoms with Crippen LogP contribution in [-0.4, -0.2) is 33.2 Å². The Morgan fingerprint density at radius 3 is 2.32 bits per heavy atom. The average Bonchev–Trinajstić information content (AvgIpc) is 3.20. The maximum atomic E-state index is 12.1. The van der Waals surface area contributed by atoms with Crippen LogP contribution in [0.3, 0.4) is 0 Å². The summed E-state index contributed by atoms with van der Waals surface area (Å²) in [6, 6.07) is 7.25. The quantitative estimate of drug-likeness (QED) is 0.604. The van der Waals surface area contributed by atoms with Gasteiger partial charge in [0.05, 0.1) is 26.2 Å². The number of esters is 1. The van der Waals surface area contributed by atoms with E-state index in [0.29, 0.717) is 28.7 Å². The molecule has 7 heteroatoms. The summed E-state index contributed by atoms with van der Waals surface area (Å²) in [5, 5.41) is 0. The number of nitrogens with zero attached hydrogens (tertiary/aromatic N) is 1. The van der Waals surface area contributed by atoms with Crippen molar-refractivity contribution in [2.75, 3.05) is 21.3 Å². The third-order valence-corrected chi connectivity index (χ3v) is 4.59. The Kier molecular flexibility index (Phi) is 4.76. The van der Waals surface area contributed by atoms with Crippen LogP contribution in [0, 0.1) is 6.92 Å². The maximum Gasteiger partial charge on any atom is 0.363 e. The maximum absolute atomic E-state index is 12.1. The number of carbonyl (C=O) groups is 1. The van der Waals surface area contributed by atoms with Gasteiger partial charge in [0.15, 0.2) is 17.2 Å². The minimum atomic E-state index is -0.502. The second-order valence-electron chi connectivity index (χ2n) is 5.20. The van der Waals surface area contributed by atoms with Crippen molar-refractivity contribution in [3.63, 3.8) is 0 Å². The molecule has 1 aliphatic heterocycles. The fourth-order valence-electron chi connectivity index (χ4n) is 2.38. The van der Waals surface area contributed by atoms with E-state index in [-0.39, 0.29) is 5.70 Å². The molecular weight excluding hydrogens is 342 g/mol. The fourth-order valence-corrected chi connectivity index (χ4v) is 3.17. The first-order valence-electron chi connectivity index (χ1n) is 7.45. The van der Waals surface area contributed by atoms with E-state index in [4.69, 9.17) is 18.9 Å². The molecule has 25 heavy (non-hydrogen) atoms. The predicted octanol–water partition coefficient (Wildman–Crippen LogP) is 3.43. The monoisotopic (exact) mass is 359 g/mol. The SMILES string of the molecule is COc1cc(OC)c(OC)cc1C=C1N=C(c2ccc(C)s2)OC1=O. The Morgan fingerprint density at radius 1 is 1.04 bits per heavy atom. The summed E-state index contributed by atoms with van der Waals surface area (Å²) in [5.74, 6) is 1.41. The van der Waals surface area contributed by atoms with E-state index in [1.165, 1.54) is 11.3 Å². The highest BCUT2D eigenvalue weighted by Crippen LogP contribution is 2.36. The van der Waals surface area contributed by atoms with Crippen molar-refractivity contribution in [3.05, 3.63) is 45.3 Å². The average molecular weight is 359 g/mol. The topological polar surface area (TPSA) is 66.3 Å². The van der Waals surface area contributed by atoms with Gasteiger partial charge in [-0.25, -0.2) is 9.79 Å². The number of aryl methyl sites for hydroxylation is 1. The first-order valence-corrected chi connectivity index (χ1v) is 8.26. The van der Waals surface area contributed by atoms with Crippen molar-refractivity contribution in [3.8, 4) is 17.2 Å². The predicted molar refractivity (Wildman–Crippen MR) is 95.8 cm³/mol. The molecule has 0 aliphatic carbocycles. The van der Waals surface area contributed by atoms with Gasteiger partial charge < -0.3 is 18.9 Å². The van der Waals surface area contributed by atoms with Gasteiger partial charge in [0.2, 0.25) is 5.90 Å². The summed E-state index contributed by atoms with van der Waals surface area (Å²) >= 11 is 1.52. The number of methoxy groups -OCH3 is 3. The normalized spacial score (nSPS) is 15.1. The zero-order valence-corrected chi connectivity index (χ0v) is 15.1. The lowest BCUT2D eigenvalue weighted by molar-refractivity contribution is -0.129. The molecule has 0 radical (unpaired) electrons. The van der Waals surface area contributed by atoms with E-state index in [2.05, 4.69) is 4.99 Å². The highest BCUT2D eigenvalue weighted by atomic mass is 32.1. The summed E-state index contributed by atoms with van der Waals surface area (Å²) in [6.45, 7) is 1.98. The Balaban J connectivity index is 2.02. The van der Waals surface area contributed by atoms with Crippen LogP contribution >= 0.6 is 11.3 Å². The molecule has 0 saturated carbocycles. The molecule has 0 bridgehead atoms. The van der Waals surface area contributed by atoms with Crippen LogP contribution < -0.4 is 14.2 Å². The van der Waals surface area contributed by atoms with Crippen molar-refractivity contribution < 1.29 is 23.7 Å². The molecule has 3 rings (SSSR count). The van der Waals surface area contributed by atoms with Crippen LogP contribution in [0.1, 0.15) is 15.3 Å². The molecule has 0 unspecified atom stereocenters. The fraction of sp³-hybridized carbons (Fsp3) is 0.222. The Morgan fingerprint density at radius 2 is 1.72 bits per heavy atom. The first kappa shape index (κ1) is 17.0. The zero-order valence-electron chi connectivity index (χ0n) is 14.3. The van der Waals surface area contributed by atoms with Crippen molar-refractivity contribution in [1.82, 2.24) is 0 Å². The van der Waals surface area contributed by atoms with Gasteiger partial charge in [0, 0.05) is 16.5 Å². The van der Waals surface area contributed by atoms with Gasteiger partial charge in [-0.2, -0.15) is 0 Å². The molecule has 6 nitrogen and oxygen atoms in total.